The van der Waals surface area contributed by atoms with Gasteiger partial charge in [0.15, 0.2) is 11.5 Å². The maximum absolute atomic E-state index is 9.48. The van der Waals surface area contributed by atoms with Crippen LogP contribution in [0.5, 0.6) is 11.5 Å². The maximum atomic E-state index is 9.48. The van der Waals surface area contributed by atoms with E-state index >= 15 is 0 Å². The average molecular weight is 306 g/mol. The lowest BCUT2D eigenvalue weighted by atomic mass is 10.2. The molecule has 0 radical (unpaired) electrons. The largest absolute Gasteiger partial charge is 0.504 e. The molecule has 92 valence electrons. The van der Waals surface area contributed by atoms with Crippen molar-refractivity contribution in [1.82, 2.24) is 0 Å². The number of ether oxygens (including phenoxy) is 1. The first kappa shape index (κ1) is 12.6. The van der Waals surface area contributed by atoms with Crippen LogP contribution in [0.25, 0.3) is 0 Å². The van der Waals surface area contributed by atoms with Gasteiger partial charge >= 0.3 is 0 Å². The van der Waals surface area contributed by atoms with Gasteiger partial charge in [0.05, 0.1) is 12.8 Å². The highest BCUT2D eigenvalue weighted by Crippen LogP contribution is 2.26. The van der Waals surface area contributed by atoms with Crippen molar-refractivity contribution in [1.29, 1.82) is 0 Å². The summed E-state index contributed by atoms with van der Waals surface area (Å²) in [5.74, 6) is 0.560. The molecule has 0 aliphatic heterocycles. The highest BCUT2D eigenvalue weighted by molar-refractivity contribution is 9.10. The Hall–Kier alpha value is -1.81. The van der Waals surface area contributed by atoms with E-state index in [4.69, 9.17) is 4.74 Å². The molecule has 0 aliphatic carbocycles. The molecule has 0 saturated heterocycles. The Morgan fingerprint density at radius 3 is 2.78 bits per heavy atom. The van der Waals surface area contributed by atoms with Crippen molar-refractivity contribution in [2.75, 3.05) is 7.11 Å². The number of phenols is 1. The van der Waals surface area contributed by atoms with Gasteiger partial charge in [0.1, 0.15) is 0 Å². The summed E-state index contributed by atoms with van der Waals surface area (Å²) >= 11 is 3.39. The van der Waals surface area contributed by atoms with E-state index in [0.717, 1.165) is 15.7 Å². The number of nitrogens with zero attached hydrogens (tertiary/aromatic N) is 1. The molecule has 2 aromatic rings. The molecule has 3 nitrogen and oxygen atoms in total. The predicted molar refractivity (Wildman–Crippen MR) is 76.1 cm³/mol. The van der Waals surface area contributed by atoms with E-state index in [0.29, 0.717) is 5.75 Å². The van der Waals surface area contributed by atoms with Crippen molar-refractivity contribution < 1.29 is 9.84 Å². The highest BCUT2D eigenvalue weighted by atomic mass is 79.9. The fourth-order valence-electron chi connectivity index (χ4n) is 1.48. The molecular weight excluding hydrogens is 294 g/mol. The molecule has 0 atom stereocenters. The van der Waals surface area contributed by atoms with Gasteiger partial charge in [-0.2, -0.15) is 0 Å². The standard InChI is InChI=1S/C14H12BrNO2/c1-18-14-7-10(5-6-13(14)17)9-16-12-4-2-3-11(15)8-12/h2-9,17H,1H3. The third kappa shape index (κ3) is 3.11. The maximum Gasteiger partial charge on any atom is 0.161 e. The van der Waals surface area contributed by atoms with Gasteiger partial charge in [0.25, 0.3) is 0 Å². The molecule has 0 amide bonds. The predicted octanol–water partition coefficient (Wildman–Crippen LogP) is 3.91. The summed E-state index contributed by atoms with van der Waals surface area (Å²) in [6, 6.07) is 12.8. The second-order valence-corrected chi connectivity index (χ2v) is 4.59. The number of rotatable bonds is 3. The molecule has 0 unspecified atom stereocenters. The molecule has 0 fully saturated rings. The zero-order valence-electron chi connectivity index (χ0n) is 9.80. The number of hydrogen-bond donors (Lipinski definition) is 1. The lowest BCUT2D eigenvalue weighted by Gasteiger charge is -2.03. The molecular formula is C14H12BrNO2. The van der Waals surface area contributed by atoms with Crippen molar-refractivity contribution in [2.24, 2.45) is 4.99 Å². The van der Waals surface area contributed by atoms with Gasteiger partial charge in [0.2, 0.25) is 0 Å². The number of aliphatic imine (C=N–C) groups is 1. The molecule has 4 heteroatoms. The Balaban J connectivity index is 2.23. The fraction of sp³-hybridized carbons (Fsp3) is 0.0714. The molecule has 2 aromatic carbocycles. The first-order valence-electron chi connectivity index (χ1n) is 5.35. The summed E-state index contributed by atoms with van der Waals surface area (Å²) in [7, 11) is 1.52. The van der Waals surface area contributed by atoms with Gasteiger partial charge in [-0.05, 0) is 42.0 Å². The fourth-order valence-corrected chi connectivity index (χ4v) is 1.87. The summed E-state index contributed by atoms with van der Waals surface area (Å²) in [4.78, 5) is 4.35. The third-order valence-corrected chi connectivity index (χ3v) is 2.87. The van der Waals surface area contributed by atoms with Crippen molar-refractivity contribution in [3.05, 3.63) is 52.5 Å². The number of benzene rings is 2. The van der Waals surface area contributed by atoms with Crippen LogP contribution < -0.4 is 4.74 Å². The Morgan fingerprint density at radius 1 is 1.22 bits per heavy atom. The normalized spacial score (nSPS) is 10.8. The summed E-state index contributed by atoms with van der Waals surface area (Å²) in [5, 5.41) is 9.48. The van der Waals surface area contributed by atoms with E-state index in [2.05, 4.69) is 20.9 Å². The second kappa shape index (κ2) is 5.69. The quantitative estimate of drug-likeness (QED) is 0.873. The number of methoxy groups -OCH3 is 1. The van der Waals surface area contributed by atoms with Crippen molar-refractivity contribution in [3.63, 3.8) is 0 Å². The number of hydrogen-bond acceptors (Lipinski definition) is 3. The Labute approximate surface area is 114 Å². The van der Waals surface area contributed by atoms with E-state index in [9.17, 15) is 5.11 Å². The zero-order valence-corrected chi connectivity index (χ0v) is 11.4. The minimum absolute atomic E-state index is 0.122. The van der Waals surface area contributed by atoms with E-state index < -0.39 is 0 Å². The monoisotopic (exact) mass is 305 g/mol. The minimum Gasteiger partial charge on any atom is -0.504 e. The Kier molecular flexibility index (Phi) is 3.99. The van der Waals surface area contributed by atoms with E-state index in [1.54, 1.807) is 24.4 Å². The Morgan fingerprint density at radius 2 is 2.06 bits per heavy atom. The molecule has 0 heterocycles. The molecule has 0 aliphatic rings. The van der Waals surface area contributed by atoms with Crippen LogP contribution in [0.1, 0.15) is 5.56 Å². The summed E-state index contributed by atoms with van der Waals surface area (Å²) < 4.78 is 6.02. The van der Waals surface area contributed by atoms with Crippen molar-refractivity contribution >= 4 is 27.8 Å². The van der Waals surface area contributed by atoms with Crippen LogP contribution in [-0.2, 0) is 0 Å². The number of aromatic hydroxyl groups is 1. The molecule has 0 bridgehead atoms. The van der Waals surface area contributed by atoms with Crippen LogP contribution in [0.3, 0.4) is 0 Å². The molecule has 0 spiro atoms. The molecule has 0 saturated carbocycles. The van der Waals surface area contributed by atoms with Crippen molar-refractivity contribution in [3.8, 4) is 11.5 Å². The van der Waals surface area contributed by atoms with Crippen LogP contribution >= 0.6 is 15.9 Å². The van der Waals surface area contributed by atoms with E-state index in [1.807, 2.05) is 24.3 Å². The molecule has 0 aromatic heterocycles. The first-order chi connectivity index (χ1) is 8.69. The van der Waals surface area contributed by atoms with Crippen LogP contribution in [0.4, 0.5) is 5.69 Å². The van der Waals surface area contributed by atoms with Crippen molar-refractivity contribution in [2.45, 2.75) is 0 Å². The topological polar surface area (TPSA) is 41.8 Å². The van der Waals surface area contributed by atoms with Crippen LogP contribution in [-0.4, -0.2) is 18.4 Å². The van der Waals surface area contributed by atoms with Crippen LogP contribution in [0, 0.1) is 0 Å². The van der Waals surface area contributed by atoms with Crippen LogP contribution in [0.2, 0.25) is 0 Å². The summed E-state index contributed by atoms with van der Waals surface area (Å²) in [5.41, 5.74) is 1.72. The van der Waals surface area contributed by atoms with Gasteiger partial charge in [-0.3, -0.25) is 4.99 Å². The van der Waals surface area contributed by atoms with Gasteiger partial charge < -0.3 is 9.84 Å². The first-order valence-corrected chi connectivity index (χ1v) is 6.15. The summed E-state index contributed by atoms with van der Waals surface area (Å²) in [6.07, 6.45) is 1.73. The van der Waals surface area contributed by atoms with Gasteiger partial charge in [0, 0.05) is 10.7 Å². The Bertz CT molecular complexity index is 582. The SMILES string of the molecule is COc1cc(C=Nc2cccc(Br)c2)ccc1O. The van der Waals surface area contributed by atoms with Crippen LogP contribution in [0.15, 0.2) is 51.9 Å². The highest BCUT2D eigenvalue weighted by Gasteiger charge is 2.00. The zero-order chi connectivity index (χ0) is 13.0. The third-order valence-electron chi connectivity index (χ3n) is 2.37. The van der Waals surface area contributed by atoms with E-state index in [-0.39, 0.29) is 5.75 Å². The molecule has 18 heavy (non-hydrogen) atoms. The summed E-state index contributed by atoms with van der Waals surface area (Å²) in [6.45, 7) is 0. The molecule has 1 N–H and O–H groups in total. The lowest BCUT2D eigenvalue weighted by Crippen LogP contribution is -1.86. The van der Waals surface area contributed by atoms with Gasteiger partial charge in [-0.25, -0.2) is 0 Å². The number of halogens is 1. The van der Waals surface area contributed by atoms with E-state index in [1.165, 1.54) is 7.11 Å². The average Bonchev–Trinajstić information content (AvgIpc) is 2.38. The smallest absolute Gasteiger partial charge is 0.161 e. The molecule has 2 rings (SSSR count). The second-order valence-electron chi connectivity index (χ2n) is 3.67. The lowest BCUT2D eigenvalue weighted by molar-refractivity contribution is 0.373. The minimum atomic E-state index is 0.122. The number of phenolic OH excluding ortho intramolecular Hbond substituents is 1. The van der Waals surface area contributed by atoms with Gasteiger partial charge in [-0.15, -0.1) is 0 Å². The van der Waals surface area contributed by atoms with Gasteiger partial charge in [-0.1, -0.05) is 22.0 Å².